The van der Waals surface area contributed by atoms with E-state index in [0.717, 1.165) is 11.6 Å². The van der Waals surface area contributed by atoms with E-state index in [4.69, 9.17) is 4.74 Å². The van der Waals surface area contributed by atoms with Crippen molar-refractivity contribution in [3.63, 3.8) is 0 Å². The van der Waals surface area contributed by atoms with Gasteiger partial charge in [0.1, 0.15) is 0 Å². The van der Waals surface area contributed by atoms with Crippen molar-refractivity contribution in [2.75, 3.05) is 7.11 Å². The lowest BCUT2D eigenvalue weighted by atomic mass is 10.2. The van der Waals surface area contributed by atoms with Crippen LogP contribution >= 0.6 is 0 Å². The van der Waals surface area contributed by atoms with Gasteiger partial charge in [-0.2, -0.15) is 0 Å². The Hall–Kier alpha value is -2.90. The number of ether oxygens (including phenoxy) is 1. The van der Waals surface area contributed by atoms with Gasteiger partial charge in [0.05, 0.1) is 24.6 Å². The summed E-state index contributed by atoms with van der Waals surface area (Å²) in [5, 5.41) is 24.0. The molecule has 2 aromatic rings. The fourth-order valence-corrected chi connectivity index (χ4v) is 1.57. The van der Waals surface area contributed by atoms with Crippen LogP contribution in [0, 0.1) is 10.1 Å². The van der Waals surface area contributed by atoms with Crippen molar-refractivity contribution < 1.29 is 14.9 Å². The number of methoxy groups -OCH3 is 1. The van der Waals surface area contributed by atoms with Crippen LogP contribution in [-0.2, 0) is 6.54 Å². The Morgan fingerprint density at radius 3 is 2.75 bits per heavy atom. The Morgan fingerprint density at radius 1 is 1.45 bits per heavy atom. The molecule has 0 saturated heterocycles. The normalized spacial score (nSPS) is 11.3. The van der Waals surface area contributed by atoms with Crippen LogP contribution in [0.4, 0.5) is 5.69 Å². The first-order valence-electron chi connectivity index (χ1n) is 5.68. The van der Waals surface area contributed by atoms with Crippen molar-refractivity contribution in [2.24, 2.45) is 4.99 Å². The summed E-state index contributed by atoms with van der Waals surface area (Å²) in [6.45, 7) is 0.270. The number of benzene rings is 1. The summed E-state index contributed by atoms with van der Waals surface area (Å²) >= 11 is 0. The summed E-state index contributed by atoms with van der Waals surface area (Å²) in [5.41, 5.74) is 0.525. The van der Waals surface area contributed by atoms with Gasteiger partial charge >= 0.3 is 11.6 Å². The molecule has 0 aliphatic rings. The second kappa shape index (κ2) is 5.83. The summed E-state index contributed by atoms with van der Waals surface area (Å²) in [5.74, 6) is -0.281. The van der Waals surface area contributed by atoms with Gasteiger partial charge in [0, 0.05) is 0 Å². The number of nitro groups is 1. The van der Waals surface area contributed by atoms with Crippen molar-refractivity contribution in [1.82, 2.24) is 9.94 Å². The molecular formula is C12H12N4O4. The zero-order chi connectivity index (χ0) is 14.5. The van der Waals surface area contributed by atoms with E-state index >= 15 is 0 Å². The summed E-state index contributed by atoms with van der Waals surface area (Å²) in [7, 11) is 1.23. The molecule has 1 heterocycles. The van der Waals surface area contributed by atoms with Crippen LogP contribution in [-0.4, -0.2) is 27.2 Å². The first-order valence-corrected chi connectivity index (χ1v) is 5.68. The quantitative estimate of drug-likeness (QED) is 0.512. The Labute approximate surface area is 113 Å². The molecule has 0 bridgehead atoms. The molecule has 1 aromatic carbocycles. The Balaban J connectivity index is 2.41. The second-order valence-corrected chi connectivity index (χ2v) is 3.85. The van der Waals surface area contributed by atoms with E-state index < -0.39 is 4.92 Å². The van der Waals surface area contributed by atoms with Crippen LogP contribution < -0.4 is 10.2 Å². The third-order valence-electron chi connectivity index (χ3n) is 2.53. The predicted molar refractivity (Wildman–Crippen MR) is 68.3 cm³/mol. The molecule has 8 heteroatoms. The van der Waals surface area contributed by atoms with E-state index in [-0.39, 0.29) is 23.6 Å². The van der Waals surface area contributed by atoms with Crippen molar-refractivity contribution in [1.29, 1.82) is 0 Å². The van der Waals surface area contributed by atoms with Gasteiger partial charge in [-0.15, -0.1) is 0 Å². The highest BCUT2D eigenvalue weighted by molar-refractivity contribution is 5.38. The molecule has 0 atom stereocenters. The van der Waals surface area contributed by atoms with E-state index in [1.807, 2.05) is 30.3 Å². The predicted octanol–water partition coefficient (Wildman–Crippen LogP) is 1.14. The number of rotatable bonds is 4. The second-order valence-electron chi connectivity index (χ2n) is 3.85. The van der Waals surface area contributed by atoms with Gasteiger partial charge in [-0.3, -0.25) is 15.1 Å². The monoisotopic (exact) mass is 276 g/mol. The topological polar surface area (TPSA) is 103 Å². The molecule has 2 rings (SSSR count). The summed E-state index contributed by atoms with van der Waals surface area (Å²) in [6, 6.07) is 10.4. The molecule has 0 fully saturated rings. The first-order chi connectivity index (χ1) is 9.61. The molecule has 0 radical (unpaired) electrons. The molecule has 104 valence electrons. The van der Waals surface area contributed by atoms with Crippen molar-refractivity contribution in [3.8, 4) is 5.88 Å². The molecule has 0 aliphatic carbocycles. The van der Waals surface area contributed by atoms with E-state index in [1.165, 1.54) is 7.11 Å². The summed E-state index contributed by atoms with van der Waals surface area (Å²) in [4.78, 5) is 14.8. The molecule has 0 aliphatic heterocycles. The fourth-order valence-electron chi connectivity index (χ4n) is 1.57. The lowest BCUT2D eigenvalue weighted by molar-refractivity contribution is -0.386. The Morgan fingerprint density at radius 2 is 2.15 bits per heavy atom. The van der Waals surface area contributed by atoms with Crippen molar-refractivity contribution in [3.05, 3.63) is 57.6 Å². The summed E-state index contributed by atoms with van der Waals surface area (Å²) in [6.07, 6.45) is 0. The molecule has 8 nitrogen and oxygen atoms in total. The molecule has 0 unspecified atom stereocenters. The molecule has 0 saturated carbocycles. The average Bonchev–Trinajstić information content (AvgIpc) is 2.46. The lowest BCUT2D eigenvalue weighted by Gasteiger charge is -2.03. The first kappa shape index (κ1) is 13.5. The highest BCUT2D eigenvalue weighted by atomic mass is 16.6. The van der Waals surface area contributed by atoms with Crippen molar-refractivity contribution in [2.45, 2.75) is 6.54 Å². The maximum Gasteiger partial charge on any atom is 0.336 e. The average molecular weight is 276 g/mol. The van der Waals surface area contributed by atoms with Gasteiger partial charge in [0.25, 0.3) is 0 Å². The number of nitrogens with zero attached hydrogens (tertiary/aromatic N) is 4. The van der Waals surface area contributed by atoms with Gasteiger partial charge in [0.15, 0.2) is 5.49 Å². The number of hydrogen-bond acceptors (Lipinski definition) is 6. The Kier molecular flexibility index (Phi) is 3.94. The maximum absolute atomic E-state index is 10.9. The minimum atomic E-state index is -0.645. The lowest BCUT2D eigenvalue weighted by Crippen LogP contribution is -2.23. The molecular weight excluding hydrogens is 264 g/mol. The zero-order valence-corrected chi connectivity index (χ0v) is 10.6. The van der Waals surface area contributed by atoms with Crippen LogP contribution in [0.1, 0.15) is 5.56 Å². The molecule has 0 amide bonds. The van der Waals surface area contributed by atoms with Gasteiger partial charge in [0.2, 0.25) is 0 Å². The maximum atomic E-state index is 10.9. The third-order valence-corrected chi connectivity index (χ3v) is 2.53. The molecule has 1 aromatic heterocycles. The van der Waals surface area contributed by atoms with E-state index in [2.05, 4.69) is 10.1 Å². The van der Waals surface area contributed by atoms with Crippen molar-refractivity contribution >= 4 is 5.69 Å². The standard InChI is InChI=1S/C12H12N4O4/c1-20-12-10(16(18)19)7-11(15(17)14-12)13-8-9-5-3-2-4-6-9/h2-7,17H,8H2,1H3. The van der Waals surface area contributed by atoms with Gasteiger partial charge in [-0.1, -0.05) is 40.3 Å². The molecule has 20 heavy (non-hydrogen) atoms. The van der Waals surface area contributed by atoms with Crippen LogP contribution in [0.25, 0.3) is 0 Å². The molecule has 1 N–H and O–H groups in total. The minimum absolute atomic E-state index is 0.0265. The van der Waals surface area contributed by atoms with E-state index in [1.54, 1.807) is 0 Å². The Bertz CT molecular complexity index is 682. The highest BCUT2D eigenvalue weighted by Crippen LogP contribution is 2.20. The largest absolute Gasteiger partial charge is 0.475 e. The summed E-state index contributed by atoms with van der Waals surface area (Å²) < 4.78 is 4.73. The highest BCUT2D eigenvalue weighted by Gasteiger charge is 2.18. The van der Waals surface area contributed by atoms with Gasteiger partial charge in [-0.05, 0) is 5.56 Å². The van der Waals surface area contributed by atoms with E-state index in [9.17, 15) is 15.3 Å². The number of hydrogen-bond donors (Lipinski definition) is 1. The van der Waals surface area contributed by atoms with Gasteiger partial charge < -0.3 is 9.94 Å². The van der Waals surface area contributed by atoms with Crippen LogP contribution in [0.15, 0.2) is 41.4 Å². The zero-order valence-electron chi connectivity index (χ0n) is 10.6. The van der Waals surface area contributed by atoms with Crippen LogP contribution in [0.3, 0.4) is 0 Å². The minimum Gasteiger partial charge on any atom is -0.475 e. The van der Waals surface area contributed by atoms with Crippen LogP contribution in [0.5, 0.6) is 5.88 Å². The van der Waals surface area contributed by atoms with Crippen LogP contribution in [0.2, 0.25) is 0 Å². The van der Waals surface area contributed by atoms with Gasteiger partial charge in [-0.25, -0.2) is 0 Å². The SMILES string of the molecule is COc1nn(O)c(=NCc2ccccc2)cc1[N+](=O)[O-]. The number of aromatic nitrogens is 2. The smallest absolute Gasteiger partial charge is 0.336 e. The van der Waals surface area contributed by atoms with E-state index in [0.29, 0.717) is 4.85 Å². The fraction of sp³-hybridized carbons (Fsp3) is 0.167. The molecule has 0 spiro atoms. The third kappa shape index (κ3) is 2.91.